The molecule has 0 bridgehead atoms. The van der Waals surface area contributed by atoms with Crippen LogP contribution in [0.1, 0.15) is 28.8 Å². The zero-order valence-corrected chi connectivity index (χ0v) is 12.0. The highest BCUT2D eigenvalue weighted by Crippen LogP contribution is 2.27. The van der Waals surface area contributed by atoms with E-state index in [0.717, 1.165) is 16.3 Å². The summed E-state index contributed by atoms with van der Waals surface area (Å²) < 4.78 is 10.9. The normalized spacial score (nSPS) is 9.94. The molecule has 0 aliphatic heterocycles. The van der Waals surface area contributed by atoms with E-state index in [-0.39, 0.29) is 5.97 Å². The Morgan fingerprint density at radius 2 is 2.17 bits per heavy atom. The van der Waals surface area contributed by atoms with Crippen LogP contribution >= 0.6 is 15.9 Å². The number of rotatable bonds is 6. The predicted octanol–water partition coefficient (Wildman–Crippen LogP) is 2.90. The zero-order valence-electron chi connectivity index (χ0n) is 10.4. The number of aryl methyl sites for hydroxylation is 1. The van der Waals surface area contributed by atoms with Crippen molar-refractivity contribution in [3.05, 3.63) is 27.7 Å². The number of hydrogen-bond donors (Lipinski definition) is 0. The number of methoxy groups -OCH3 is 1. The van der Waals surface area contributed by atoms with Crippen molar-refractivity contribution < 1.29 is 19.1 Å². The van der Waals surface area contributed by atoms with Crippen molar-refractivity contribution >= 4 is 28.2 Å². The summed E-state index contributed by atoms with van der Waals surface area (Å²) in [5.74, 6) is 0.305. The Morgan fingerprint density at radius 3 is 2.78 bits per heavy atom. The fourth-order valence-corrected chi connectivity index (χ4v) is 2.12. The van der Waals surface area contributed by atoms with Crippen LogP contribution in [0.4, 0.5) is 0 Å². The summed E-state index contributed by atoms with van der Waals surface area (Å²) >= 11 is 3.32. The maximum Gasteiger partial charge on any atom is 0.305 e. The first-order chi connectivity index (χ1) is 8.58. The van der Waals surface area contributed by atoms with E-state index in [2.05, 4.69) is 20.7 Å². The average molecular weight is 315 g/mol. The molecule has 0 fully saturated rings. The van der Waals surface area contributed by atoms with Gasteiger partial charge in [-0.1, -0.05) is 15.9 Å². The number of halogens is 1. The molecule has 1 aromatic carbocycles. The molecule has 0 aliphatic rings. The molecule has 0 saturated heterocycles. The van der Waals surface area contributed by atoms with Gasteiger partial charge in [-0.25, -0.2) is 0 Å². The molecule has 0 radical (unpaired) electrons. The van der Waals surface area contributed by atoms with Gasteiger partial charge >= 0.3 is 5.97 Å². The summed E-state index contributed by atoms with van der Waals surface area (Å²) in [5.41, 5.74) is 1.38. The third kappa shape index (κ3) is 4.14. The lowest BCUT2D eigenvalue weighted by molar-refractivity contribution is -0.140. The Kier molecular flexibility index (Phi) is 5.85. The molecule has 1 rings (SSSR count). The van der Waals surface area contributed by atoms with Gasteiger partial charge in [-0.15, -0.1) is 0 Å². The second kappa shape index (κ2) is 7.16. The van der Waals surface area contributed by atoms with Crippen molar-refractivity contribution in [2.24, 2.45) is 0 Å². The minimum atomic E-state index is -0.262. The van der Waals surface area contributed by atoms with Gasteiger partial charge in [-0.2, -0.15) is 0 Å². The van der Waals surface area contributed by atoms with Gasteiger partial charge in [-0.3, -0.25) is 9.59 Å². The highest BCUT2D eigenvalue weighted by Gasteiger charge is 2.09. The van der Waals surface area contributed by atoms with Crippen LogP contribution in [0.25, 0.3) is 0 Å². The van der Waals surface area contributed by atoms with E-state index in [1.54, 1.807) is 6.07 Å². The number of carbonyl (C=O) groups excluding carboxylic acids is 2. The second-order valence-electron chi connectivity index (χ2n) is 3.79. The maximum absolute atomic E-state index is 10.9. The van der Waals surface area contributed by atoms with Gasteiger partial charge < -0.3 is 9.47 Å². The van der Waals surface area contributed by atoms with Crippen LogP contribution in [0.3, 0.4) is 0 Å². The number of aldehydes is 1. The van der Waals surface area contributed by atoms with E-state index < -0.39 is 0 Å². The van der Waals surface area contributed by atoms with Crippen LogP contribution in [0, 0.1) is 6.92 Å². The number of ether oxygens (including phenoxy) is 2. The van der Waals surface area contributed by atoms with E-state index in [0.29, 0.717) is 30.8 Å². The Balaban J connectivity index is 2.61. The van der Waals surface area contributed by atoms with Crippen LogP contribution in [0.15, 0.2) is 16.6 Å². The van der Waals surface area contributed by atoms with E-state index in [4.69, 9.17) is 4.74 Å². The third-order valence-corrected chi connectivity index (χ3v) is 2.85. The van der Waals surface area contributed by atoms with Crippen molar-refractivity contribution in [3.8, 4) is 5.75 Å². The number of esters is 1. The number of carbonyl (C=O) groups is 2. The Morgan fingerprint density at radius 1 is 1.44 bits per heavy atom. The first-order valence-electron chi connectivity index (χ1n) is 5.53. The van der Waals surface area contributed by atoms with E-state index in [9.17, 15) is 9.59 Å². The van der Waals surface area contributed by atoms with E-state index in [1.165, 1.54) is 7.11 Å². The van der Waals surface area contributed by atoms with Gasteiger partial charge in [0.25, 0.3) is 0 Å². The lowest BCUT2D eigenvalue weighted by Gasteiger charge is -2.11. The summed E-state index contributed by atoms with van der Waals surface area (Å²) in [7, 11) is 1.35. The molecule has 0 saturated carbocycles. The van der Waals surface area contributed by atoms with Crippen molar-refractivity contribution in [2.75, 3.05) is 13.7 Å². The molecule has 4 nitrogen and oxygen atoms in total. The lowest BCUT2D eigenvalue weighted by Crippen LogP contribution is -2.06. The topological polar surface area (TPSA) is 52.6 Å². The van der Waals surface area contributed by atoms with Gasteiger partial charge in [0.15, 0.2) is 6.29 Å². The van der Waals surface area contributed by atoms with E-state index in [1.807, 2.05) is 13.0 Å². The van der Waals surface area contributed by atoms with Gasteiger partial charge in [0.05, 0.1) is 19.3 Å². The summed E-state index contributed by atoms with van der Waals surface area (Å²) in [4.78, 5) is 21.9. The molecule has 18 heavy (non-hydrogen) atoms. The van der Waals surface area contributed by atoms with Gasteiger partial charge in [0, 0.05) is 10.9 Å². The van der Waals surface area contributed by atoms with Crippen molar-refractivity contribution in [2.45, 2.75) is 19.8 Å². The SMILES string of the molecule is COC(=O)CCCOc1c(C)cc(Br)cc1C=O. The quantitative estimate of drug-likeness (QED) is 0.460. The fourth-order valence-electron chi connectivity index (χ4n) is 1.53. The number of hydrogen-bond acceptors (Lipinski definition) is 4. The Bertz CT molecular complexity index is 443. The van der Waals surface area contributed by atoms with Crippen molar-refractivity contribution in [1.29, 1.82) is 0 Å². The molecular weight excluding hydrogens is 300 g/mol. The highest BCUT2D eigenvalue weighted by molar-refractivity contribution is 9.10. The molecule has 0 atom stereocenters. The molecule has 0 N–H and O–H groups in total. The molecule has 0 aromatic heterocycles. The monoisotopic (exact) mass is 314 g/mol. The van der Waals surface area contributed by atoms with Crippen molar-refractivity contribution in [1.82, 2.24) is 0 Å². The van der Waals surface area contributed by atoms with Gasteiger partial charge in [0.2, 0.25) is 0 Å². The van der Waals surface area contributed by atoms with Crippen molar-refractivity contribution in [3.63, 3.8) is 0 Å². The third-order valence-electron chi connectivity index (χ3n) is 2.39. The van der Waals surface area contributed by atoms with E-state index >= 15 is 0 Å². The van der Waals surface area contributed by atoms with Crippen LogP contribution in [0.2, 0.25) is 0 Å². The highest BCUT2D eigenvalue weighted by atomic mass is 79.9. The molecule has 0 aliphatic carbocycles. The lowest BCUT2D eigenvalue weighted by atomic mass is 10.1. The molecule has 0 heterocycles. The summed E-state index contributed by atoms with van der Waals surface area (Å²) in [6, 6.07) is 3.58. The molecule has 0 amide bonds. The molecule has 98 valence electrons. The minimum absolute atomic E-state index is 0.262. The van der Waals surface area contributed by atoms with Crippen LogP contribution < -0.4 is 4.74 Å². The van der Waals surface area contributed by atoms with Gasteiger partial charge in [0.1, 0.15) is 5.75 Å². The molecule has 0 unspecified atom stereocenters. The standard InChI is InChI=1S/C13H15BrO4/c1-9-6-11(14)7-10(8-15)13(9)18-5-3-4-12(16)17-2/h6-8H,3-5H2,1-2H3. The smallest absolute Gasteiger partial charge is 0.305 e. The largest absolute Gasteiger partial charge is 0.493 e. The van der Waals surface area contributed by atoms with Gasteiger partial charge in [-0.05, 0) is 31.0 Å². The maximum atomic E-state index is 10.9. The molecule has 1 aromatic rings. The summed E-state index contributed by atoms with van der Waals surface area (Å²) in [6.45, 7) is 2.24. The molecule has 5 heteroatoms. The Hall–Kier alpha value is -1.36. The summed E-state index contributed by atoms with van der Waals surface area (Å²) in [5, 5.41) is 0. The zero-order chi connectivity index (χ0) is 13.5. The predicted molar refractivity (Wildman–Crippen MR) is 71.0 cm³/mol. The van der Waals surface area contributed by atoms with Crippen LogP contribution in [-0.2, 0) is 9.53 Å². The molecular formula is C13H15BrO4. The summed E-state index contributed by atoms with van der Waals surface area (Å²) in [6.07, 6.45) is 1.62. The Labute approximate surface area is 114 Å². The number of benzene rings is 1. The fraction of sp³-hybridized carbons (Fsp3) is 0.385. The van der Waals surface area contributed by atoms with Crippen LogP contribution in [-0.4, -0.2) is 26.0 Å². The first-order valence-corrected chi connectivity index (χ1v) is 6.32. The minimum Gasteiger partial charge on any atom is -0.493 e. The second-order valence-corrected chi connectivity index (χ2v) is 4.70. The first kappa shape index (κ1) is 14.7. The molecule has 0 spiro atoms. The van der Waals surface area contributed by atoms with Crippen LogP contribution in [0.5, 0.6) is 5.75 Å². The average Bonchev–Trinajstić information content (AvgIpc) is 2.35.